The van der Waals surface area contributed by atoms with Gasteiger partial charge in [0, 0.05) is 38.8 Å². The molecule has 0 aromatic heterocycles. The zero-order chi connectivity index (χ0) is 16.4. The lowest BCUT2D eigenvalue weighted by molar-refractivity contribution is 0.145. The van der Waals surface area contributed by atoms with Gasteiger partial charge in [-0.25, -0.2) is 4.39 Å². The van der Waals surface area contributed by atoms with E-state index in [2.05, 4.69) is 29.5 Å². The summed E-state index contributed by atoms with van der Waals surface area (Å²) in [6.45, 7) is 9.26. The zero-order valence-electron chi connectivity index (χ0n) is 14.1. The molecule has 0 aliphatic carbocycles. The molecule has 0 radical (unpaired) electrons. The van der Waals surface area contributed by atoms with E-state index < -0.39 is 0 Å². The second-order valence-corrected chi connectivity index (χ2v) is 5.79. The fourth-order valence-corrected chi connectivity index (χ4v) is 2.05. The number of benzene rings is 1. The first-order chi connectivity index (χ1) is 10.5. The molecule has 0 saturated carbocycles. The maximum atomic E-state index is 13.0. The summed E-state index contributed by atoms with van der Waals surface area (Å²) in [7, 11) is 1.75. The normalized spacial score (nSPS) is 12.3. The smallest absolute Gasteiger partial charge is 0.191 e. The average molecular weight is 309 g/mol. The van der Waals surface area contributed by atoms with Crippen molar-refractivity contribution in [2.75, 3.05) is 33.4 Å². The van der Waals surface area contributed by atoms with E-state index >= 15 is 0 Å². The summed E-state index contributed by atoms with van der Waals surface area (Å²) in [6.07, 6.45) is 0.940. The summed E-state index contributed by atoms with van der Waals surface area (Å²) < 4.78 is 18.3. The van der Waals surface area contributed by atoms with Gasteiger partial charge < -0.3 is 15.4 Å². The highest BCUT2D eigenvalue weighted by molar-refractivity contribution is 5.79. The molecule has 1 aromatic rings. The maximum absolute atomic E-state index is 13.0. The Labute approximate surface area is 133 Å². The summed E-state index contributed by atoms with van der Waals surface area (Å²) in [5, 5.41) is 6.58. The van der Waals surface area contributed by atoms with E-state index in [1.165, 1.54) is 12.1 Å². The molecule has 0 bridgehead atoms. The molecule has 5 heteroatoms. The lowest BCUT2D eigenvalue weighted by Gasteiger charge is -2.26. The zero-order valence-corrected chi connectivity index (χ0v) is 14.1. The lowest BCUT2D eigenvalue weighted by Crippen LogP contribution is -2.43. The summed E-state index contributed by atoms with van der Waals surface area (Å²) in [5.74, 6) is 0.561. The molecule has 0 aliphatic rings. The van der Waals surface area contributed by atoms with Gasteiger partial charge in [-0.1, -0.05) is 26.0 Å². The molecule has 0 unspecified atom stereocenters. The lowest BCUT2D eigenvalue weighted by atomic mass is 9.84. The number of aliphatic imine (C=N–C) groups is 1. The van der Waals surface area contributed by atoms with Crippen LogP contribution in [0, 0.1) is 5.82 Å². The van der Waals surface area contributed by atoms with Crippen molar-refractivity contribution in [2.45, 2.75) is 32.6 Å². The Hall–Kier alpha value is -1.62. The van der Waals surface area contributed by atoms with Crippen molar-refractivity contribution in [3.8, 4) is 0 Å². The van der Waals surface area contributed by atoms with E-state index in [4.69, 9.17) is 4.74 Å². The van der Waals surface area contributed by atoms with E-state index in [0.717, 1.165) is 37.7 Å². The minimum Gasteiger partial charge on any atom is -0.382 e. The molecule has 1 rings (SSSR count). The van der Waals surface area contributed by atoms with Gasteiger partial charge in [0.1, 0.15) is 5.82 Å². The number of guanidine groups is 1. The molecule has 124 valence electrons. The number of halogens is 1. The highest BCUT2D eigenvalue weighted by Crippen LogP contribution is 2.22. The first kappa shape index (κ1) is 18.4. The van der Waals surface area contributed by atoms with Crippen molar-refractivity contribution in [1.29, 1.82) is 0 Å². The minimum atomic E-state index is -0.209. The van der Waals surface area contributed by atoms with Gasteiger partial charge >= 0.3 is 0 Å². The van der Waals surface area contributed by atoms with Gasteiger partial charge in [-0.2, -0.15) is 0 Å². The monoisotopic (exact) mass is 309 g/mol. The molecule has 0 atom stereocenters. The molecular weight excluding hydrogens is 281 g/mol. The van der Waals surface area contributed by atoms with Crippen LogP contribution in [0.1, 0.15) is 32.8 Å². The van der Waals surface area contributed by atoms with Crippen molar-refractivity contribution >= 4 is 5.96 Å². The van der Waals surface area contributed by atoms with Crippen LogP contribution in [0.15, 0.2) is 29.3 Å². The van der Waals surface area contributed by atoms with Crippen LogP contribution >= 0.6 is 0 Å². The predicted octanol–water partition coefficient (Wildman–Crippen LogP) is 2.69. The maximum Gasteiger partial charge on any atom is 0.191 e. The number of hydrogen-bond donors (Lipinski definition) is 2. The summed E-state index contributed by atoms with van der Waals surface area (Å²) in [5.41, 5.74) is 0.976. The molecule has 0 amide bonds. The van der Waals surface area contributed by atoms with Gasteiger partial charge in [0.05, 0.1) is 0 Å². The number of ether oxygens (including phenoxy) is 1. The van der Waals surface area contributed by atoms with Gasteiger partial charge in [-0.05, 0) is 31.0 Å². The van der Waals surface area contributed by atoms with Crippen LogP contribution in [-0.2, 0) is 10.2 Å². The Kier molecular flexibility index (Phi) is 7.88. The highest BCUT2D eigenvalue weighted by atomic mass is 19.1. The van der Waals surface area contributed by atoms with Gasteiger partial charge in [-0.3, -0.25) is 4.99 Å². The molecule has 0 heterocycles. The first-order valence-electron chi connectivity index (χ1n) is 7.78. The largest absolute Gasteiger partial charge is 0.382 e. The third kappa shape index (κ3) is 6.43. The fourth-order valence-electron chi connectivity index (χ4n) is 2.05. The van der Waals surface area contributed by atoms with Crippen LogP contribution in [0.25, 0.3) is 0 Å². The fraction of sp³-hybridized carbons (Fsp3) is 0.588. The number of nitrogens with one attached hydrogen (secondary N) is 2. The molecule has 22 heavy (non-hydrogen) atoms. The first-order valence-corrected chi connectivity index (χ1v) is 7.78. The van der Waals surface area contributed by atoms with Crippen molar-refractivity contribution in [2.24, 2.45) is 4.99 Å². The third-order valence-electron chi connectivity index (χ3n) is 3.51. The van der Waals surface area contributed by atoms with Gasteiger partial charge in [0.15, 0.2) is 5.96 Å². The minimum absolute atomic E-state index is 0.114. The molecule has 0 aliphatic heterocycles. The van der Waals surface area contributed by atoms with E-state index in [1.54, 1.807) is 7.05 Å². The number of hydrogen-bond acceptors (Lipinski definition) is 2. The molecule has 1 aromatic carbocycles. The Morgan fingerprint density at radius 3 is 2.50 bits per heavy atom. The topological polar surface area (TPSA) is 45.6 Å². The van der Waals surface area contributed by atoms with Crippen molar-refractivity contribution < 1.29 is 9.13 Å². The van der Waals surface area contributed by atoms with E-state index in [1.807, 2.05) is 19.1 Å². The summed E-state index contributed by atoms with van der Waals surface area (Å²) >= 11 is 0. The van der Waals surface area contributed by atoms with Crippen LogP contribution in [-0.4, -0.2) is 39.3 Å². The highest BCUT2D eigenvalue weighted by Gasteiger charge is 2.20. The molecule has 0 spiro atoms. The molecule has 2 N–H and O–H groups in total. The van der Waals surface area contributed by atoms with E-state index in [9.17, 15) is 4.39 Å². The van der Waals surface area contributed by atoms with Crippen molar-refractivity contribution in [3.05, 3.63) is 35.6 Å². The molecule has 0 fully saturated rings. The van der Waals surface area contributed by atoms with E-state index in [-0.39, 0.29) is 11.2 Å². The Morgan fingerprint density at radius 1 is 1.23 bits per heavy atom. The second kappa shape index (κ2) is 9.41. The van der Waals surface area contributed by atoms with Crippen molar-refractivity contribution in [1.82, 2.24) is 10.6 Å². The second-order valence-electron chi connectivity index (χ2n) is 5.79. The van der Waals surface area contributed by atoms with Gasteiger partial charge in [0.2, 0.25) is 0 Å². The predicted molar refractivity (Wildman–Crippen MR) is 89.9 cm³/mol. The van der Waals surface area contributed by atoms with Crippen molar-refractivity contribution in [3.63, 3.8) is 0 Å². The van der Waals surface area contributed by atoms with Crippen LogP contribution in [0.4, 0.5) is 4.39 Å². The number of nitrogens with zero attached hydrogens (tertiary/aromatic N) is 1. The molecule has 0 saturated heterocycles. The summed E-state index contributed by atoms with van der Waals surface area (Å²) in [4.78, 5) is 4.21. The number of rotatable bonds is 8. The van der Waals surface area contributed by atoms with Gasteiger partial charge in [0.25, 0.3) is 0 Å². The standard InChI is InChI=1S/C17H28FN3O/c1-5-22-12-6-11-20-16(19-4)21-13-17(2,3)14-7-9-15(18)10-8-14/h7-10H,5-6,11-13H2,1-4H3,(H2,19,20,21). The van der Waals surface area contributed by atoms with Crippen LogP contribution in [0.2, 0.25) is 0 Å². The third-order valence-corrected chi connectivity index (χ3v) is 3.51. The SMILES string of the molecule is CCOCCCNC(=NC)NCC(C)(C)c1ccc(F)cc1. The van der Waals surface area contributed by atoms with Crippen LogP contribution in [0.3, 0.4) is 0 Å². The molecular formula is C17H28FN3O. The van der Waals surface area contributed by atoms with Crippen LogP contribution < -0.4 is 10.6 Å². The van der Waals surface area contributed by atoms with Gasteiger partial charge in [-0.15, -0.1) is 0 Å². The average Bonchev–Trinajstić information content (AvgIpc) is 2.50. The molecule has 4 nitrogen and oxygen atoms in total. The Balaban J connectivity index is 2.42. The Morgan fingerprint density at radius 2 is 1.91 bits per heavy atom. The quantitative estimate of drug-likeness (QED) is 0.441. The van der Waals surface area contributed by atoms with Crippen LogP contribution in [0.5, 0.6) is 0 Å². The van der Waals surface area contributed by atoms with E-state index in [0.29, 0.717) is 6.54 Å². The summed E-state index contributed by atoms with van der Waals surface area (Å²) in [6, 6.07) is 6.65. The Bertz CT molecular complexity index is 457.